The molecule has 1 unspecified atom stereocenters. The number of aryl methyl sites for hydroxylation is 1. The second-order valence-electron chi connectivity index (χ2n) is 5.35. The second-order valence-corrected chi connectivity index (χ2v) is 5.35. The SMILES string of the molecule is CC(C)(C)C(=O)OC1CCc2ccccc2O1. The number of hydrogen-bond donors (Lipinski definition) is 0. The van der Waals surface area contributed by atoms with E-state index < -0.39 is 11.7 Å². The van der Waals surface area contributed by atoms with E-state index in [1.54, 1.807) is 0 Å². The molecule has 1 aliphatic heterocycles. The first-order valence-corrected chi connectivity index (χ1v) is 5.92. The lowest BCUT2D eigenvalue weighted by atomic mass is 9.97. The largest absolute Gasteiger partial charge is 0.454 e. The molecule has 1 aromatic rings. The Balaban J connectivity index is 2.01. The Morgan fingerprint density at radius 1 is 1.35 bits per heavy atom. The van der Waals surface area contributed by atoms with E-state index in [1.807, 2.05) is 45.0 Å². The van der Waals surface area contributed by atoms with Crippen molar-refractivity contribution in [1.29, 1.82) is 0 Å². The summed E-state index contributed by atoms with van der Waals surface area (Å²) in [6.07, 6.45) is 1.16. The molecule has 2 rings (SSSR count). The highest BCUT2D eigenvalue weighted by Crippen LogP contribution is 2.28. The molecule has 1 atom stereocenters. The molecule has 3 nitrogen and oxygen atoms in total. The molecule has 0 spiro atoms. The molecule has 0 amide bonds. The molecule has 0 radical (unpaired) electrons. The Bertz CT molecular complexity index is 418. The van der Waals surface area contributed by atoms with Gasteiger partial charge < -0.3 is 9.47 Å². The number of carbonyl (C=O) groups is 1. The molecule has 1 aromatic carbocycles. The van der Waals surface area contributed by atoms with E-state index in [-0.39, 0.29) is 5.97 Å². The van der Waals surface area contributed by atoms with Crippen LogP contribution in [0.3, 0.4) is 0 Å². The van der Waals surface area contributed by atoms with Gasteiger partial charge in [-0.15, -0.1) is 0 Å². The summed E-state index contributed by atoms with van der Waals surface area (Å²) < 4.78 is 11.0. The van der Waals surface area contributed by atoms with Gasteiger partial charge in [0.1, 0.15) is 5.75 Å². The molecule has 3 heteroatoms. The van der Waals surface area contributed by atoms with E-state index in [0.29, 0.717) is 0 Å². The number of benzene rings is 1. The minimum Gasteiger partial charge on any atom is -0.454 e. The summed E-state index contributed by atoms with van der Waals surface area (Å²) >= 11 is 0. The van der Waals surface area contributed by atoms with E-state index in [1.165, 1.54) is 5.56 Å². The van der Waals surface area contributed by atoms with E-state index in [0.717, 1.165) is 18.6 Å². The van der Waals surface area contributed by atoms with Gasteiger partial charge in [-0.25, -0.2) is 0 Å². The number of para-hydroxylation sites is 1. The minimum atomic E-state index is -0.486. The molecule has 0 aromatic heterocycles. The summed E-state index contributed by atoms with van der Waals surface area (Å²) in [7, 11) is 0. The van der Waals surface area contributed by atoms with Gasteiger partial charge in [0.05, 0.1) is 5.41 Å². The predicted octanol–water partition coefficient (Wildman–Crippen LogP) is 2.93. The van der Waals surface area contributed by atoms with Gasteiger partial charge in [0.25, 0.3) is 0 Å². The number of hydrogen-bond acceptors (Lipinski definition) is 3. The van der Waals surface area contributed by atoms with Gasteiger partial charge in [0, 0.05) is 6.42 Å². The van der Waals surface area contributed by atoms with Crippen molar-refractivity contribution in [3.05, 3.63) is 29.8 Å². The summed E-state index contributed by atoms with van der Waals surface area (Å²) in [6.45, 7) is 5.52. The topological polar surface area (TPSA) is 35.5 Å². The average molecular weight is 234 g/mol. The zero-order valence-corrected chi connectivity index (χ0v) is 10.5. The van der Waals surface area contributed by atoms with Crippen LogP contribution in [0.1, 0.15) is 32.8 Å². The van der Waals surface area contributed by atoms with Crippen LogP contribution >= 0.6 is 0 Å². The summed E-state index contributed by atoms with van der Waals surface area (Å²) in [5.74, 6) is 0.604. The first-order chi connectivity index (χ1) is 7.97. The van der Waals surface area contributed by atoms with Gasteiger partial charge in [-0.2, -0.15) is 0 Å². The van der Waals surface area contributed by atoms with Crippen LogP contribution in [-0.4, -0.2) is 12.3 Å². The van der Waals surface area contributed by atoms with Crippen LogP contribution in [-0.2, 0) is 16.0 Å². The van der Waals surface area contributed by atoms with Crippen LogP contribution in [0.25, 0.3) is 0 Å². The Morgan fingerprint density at radius 2 is 2.06 bits per heavy atom. The summed E-state index contributed by atoms with van der Waals surface area (Å²) in [6, 6.07) is 7.86. The molecular formula is C14H18O3. The molecule has 92 valence electrons. The summed E-state index contributed by atoms with van der Waals surface area (Å²) in [5, 5.41) is 0. The maximum absolute atomic E-state index is 11.7. The Kier molecular flexibility index (Phi) is 3.09. The van der Waals surface area contributed by atoms with Gasteiger partial charge >= 0.3 is 5.97 Å². The molecule has 0 saturated heterocycles. The molecule has 0 saturated carbocycles. The highest BCUT2D eigenvalue weighted by Gasteiger charge is 2.29. The van der Waals surface area contributed by atoms with Crippen LogP contribution in [0.4, 0.5) is 0 Å². The molecule has 0 fully saturated rings. The maximum Gasteiger partial charge on any atom is 0.314 e. The predicted molar refractivity (Wildman–Crippen MR) is 64.7 cm³/mol. The normalized spacial score (nSPS) is 19.1. The van der Waals surface area contributed by atoms with Crippen molar-refractivity contribution >= 4 is 5.97 Å². The van der Waals surface area contributed by atoms with Gasteiger partial charge in [-0.1, -0.05) is 18.2 Å². The first-order valence-electron chi connectivity index (χ1n) is 5.92. The number of carbonyl (C=O) groups excluding carboxylic acids is 1. The smallest absolute Gasteiger partial charge is 0.314 e. The monoisotopic (exact) mass is 234 g/mol. The maximum atomic E-state index is 11.7. The second kappa shape index (κ2) is 4.40. The Hall–Kier alpha value is -1.51. The van der Waals surface area contributed by atoms with Crippen molar-refractivity contribution in [2.24, 2.45) is 5.41 Å². The van der Waals surface area contributed by atoms with Crippen LogP contribution in [0.15, 0.2) is 24.3 Å². The van der Waals surface area contributed by atoms with Gasteiger partial charge in [-0.3, -0.25) is 4.79 Å². The number of fused-ring (bicyclic) bond motifs is 1. The van der Waals surface area contributed by atoms with Crippen molar-refractivity contribution in [1.82, 2.24) is 0 Å². The van der Waals surface area contributed by atoms with Crippen molar-refractivity contribution in [3.63, 3.8) is 0 Å². The van der Waals surface area contributed by atoms with Crippen molar-refractivity contribution in [2.75, 3.05) is 0 Å². The van der Waals surface area contributed by atoms with Gasteiger partial charge in [0.15, 0.2) is 0 Å². The van der Waals surface area contributed by atoms with Crippen molar-refractivity contribution < 1.29 is 14.3 Å². The third kappa shape index (κ3) is 2.78. The van der Waals surface area contributed by atoms with Crippen LogP contribution in [0.5, 0.6) is 5.75 Å². The third-order valence-corrected chi connectivity index (χ3v) is 2.73. The molecule has 1 heterocycles. The molecular weight excluding hydrogens is 216 g/mol. The molecule has 0 bridgehead atoms. The fourth-order valence-corrected chi connectivity index (χ4v) is 1.68. The molecule has 0 aliphatic carbocycles. The van der Waals surface area contributed by atoms with Crippen molar-refractivity contribution in [2.45, 2.75) is 39.9 Å². The summed E-state index contributed by atoms with van der Waals surface area (Å²) in [4.78, 5) is 11.7. The zero-order chi connectivity index (χ0) is 12.5. The number of esters is 1. The fourth-order valence-electron chi connectivity index (χ4n) is 1.68. The Labute approximate surface area is 102 Å². The lowest BCUT2D eigenvalue weighted by Crippen LogP contribution is -2.33. The number of rotatable bonds is 1. The van der Waals surface area contributed by atoms with Crippen molar-refractivity contribution in [3.8, 4) is 5.75 Å². The van der Waals surface area contributed by atoms with Crippen LogP contribution in [0, 0.1) is 5.41 Å². The van der Waals surface area contributed by atoms with Gasteiger partial charge in [0.2, 0.25) is 6.29 Å². The quantitative estimate of drug-likeness (QED) is 0.701. The van der Waals surface area contributed by atoms with Gasteiger partial charge in [-0.05, 0) is 38.8 Å². The lowest BCUT2D eigenvalue weighted by molar-refractivity contribution is -0.175. The third-order valence-electron chi connectivity index (χ3n) is 2.73. The van der Waals surface area contributed by atoms with E-state index >= 15 is 0 Å². The highest BCUT2D eigenvalue weighted by atomic mass is 16.7. The highest BCUT2D eigenvalue weighted by molar-refractivity contribution is 5.75. The molecule has 0 N–H and O–H groups in total. The zero-order valence-electron chi connectivity index (χ0n) is 10.5. The standard InChI is InChI=1S/C14H18O3/c1-14(2,3)13(15)17-12-9-8-10-6-4-5-7-11(10)16-12/h4-7,12H,8-9H2,1-3H3. The Morgan fingerprint density at radius 3 is 2.76 bits per heavy atom. The lowest BCUT2D eigenvalue weighted by Gasteiger charge is -2.28. The van der Waals surface area contributed by atoms with Crippen LogP contribution in [0.2, 0.25) is 0 Å². The van der Waals surface area contributed by atoms with E-state index in [4.69, 9.17) is 9.47 Å². The van der Waals surface area contributed by atoms with E-state index in [2.05, 4.69) is 0 Å². The number of ether oxygens (including phenoxy) is 2. The van der Waals surface area contributed by atoms with Crippen LogP contribution < -0.4 is 4.74 Å². The summed E-state index contributed by atoms with van der Waals surface area (Å²) in [5.41, 5.74) is 0.691. The van der Waals surface area contributed by atoms with E-state index in [9.17, 15) is 4.79 Å². The minimum absolute atomic E-state index is 0.220. The first kappa shape index (κ1) is 12.0. The average Bonchev–Trinajstić information content (AvgIpc) is 2.27. The molecule has 1 aliphatic rings. The fraction of sp³-hybridized carbons (Fsp3) is 0.500. The molecule has 17 heavy (non-hydrogen) atoms.